The number of nitrogens with one attached hydrogen (secondary N) is 2. The first-order valence-corrected chi connectivity index (χ1v) is 15.8. The molecule has 0 spiro atoms. The van der Waals surface area contributed by atoms with Crippen molar-refractivity contribution in [3.05, 3.63) is 94.8 Å². The maximum Gasteiger partial charge on any atom is 0.273 e. The summed E-state index contributed by atoms with van der Waals surface area (Å²) in [5.74, 6) is -0.446. The number of hydrogen-bond donors (Lipinski definition) is 3. The lowest BCUT2D eigenvalue weighted by molar-refractivity contribution is -0.122. The van der Waals surface area contributed by atoms with Crippen LogP contribution in [-0.4, -0.2) is 46.3 Å². The number of hydrogen-bond acceptors (Lipinski definition) is 9. The minimum absolute atomic E-state index is 0.00466. The average molecular weight is 627 g/mol. The molecule has 232 valence electrons. The molecule has 12 heteroatoms. The van der Waals surface area contributed by atoms with Crippen molar-refractivity contribution >= 4 is 40.6 Å². The summed E-state index contributed by atoms with van der Waals surface area (Å²) in [6, 6.07) is 16.8. The van der Waals surface area contributed by atoms with Crippen LogP contribution in [0, 0.1) is 0 Å². The molecule has 11 nitrogen and oxygen atoms in total. The number of carbonyl (C=O) groups excluding carboxylic acids is 3. The van der Waals surface area contributed by atoms with Crippen LogP contribution in [0.1, 0.15) is 69.4 Å². The summed E-state index contributed by atoms with van der Waals surface area (Å²) in [6.45, 7) is 0.995. The highest BCUT2D eigenvalue weighted by Crippen LogP contribution is 2.39. The summed E-state index contributed by atoms with van der Waals surface area (Å²) in [7, 11) is 0. The van der Waals surface area contributed by atoms with Crippen LogP contribution in [0.3, 0.4) is 0 Å². The number of rotatable bonds is 9. The van der Waals surface area contributed by atoms with E-state index in [-0.39, 0.29) is 28.8 Å². The van der Waals surface area contributed by atoms with Gasteiger partial charge >= 0.3 is 0 Å². The molecule has 1 saturated carbocycles. The standard InChI is InChI=1S/C33H34N6O5S/c34-27-28(31(40)37-23-9-5-2-6-10-23)38-45-30(27)33(42)39(24-11-12-25-26(19-24)44-18-17-43-25)29(22-13-15-35-16-14-22)32(41)36-20-21-7-3-1-4-8-21/h1,3-4,7-8,11-16,19,23,29H,2,5-6,9-10,17-18,20,34H2,(H,36,41)(H,37,40). The predicted octanol–water partition coefficient (Wildman–Crippen LogP) is 4.66. The lowest BCUT2D eigenvalue weighted by atomic mass is 9.95. The lowest BCUT2D eigenvalue weighted by Gasteiger charge is -2.32. The first kappa shape index (κ1) is 30.1. The molecule has 2 aromatic heterocycles. The van der Waals surface area contributed by atoms with E-state index in [4.69, 9.17) is 15.2 Å². The number of amides is 3. The largest absolute Gasteiger partial charge is 0.486 e. The van der Waals surface area contributed by atoms with Crippen molar-refractivity contribution < 1.29 is 23.9 Å². The number of nitrogen functional groups attached to an aromatic ring is 1. The number of nitrogens with two attached hydrogens (primary N) is 1. The smallest absolute Gasteiger partial charge is 0.273 e. The van der Waals surface area contributed by atoms with Crippen molar-refractivity contribution in [1.29, 1.82) is 0 Å². The number of pyridine rings is 1. The Hall–Kier alpha value is -4.97. The molecule has 4 N–H and O–H groups in total. The highest BCUT2D eigenvalue weighted by atomic mass is 32.1. The molecule has 3 heterocycles. The Balaban J connectivity index is 1.38. The van der Waals surface area contributed by atoms with Gasteiger partial charge in [-0.25, -0.2) is 0 Å². The molecular weight excluding hydrogens is 592 g/mol. The minimum atomic E-state index is -1.13. The van der Waals surface area contributed by atoms with Gasteiger partial charge in [-0.2, -0.15) is 4.37 Å². The summed E-state index contributed by atoms with van der Waals surface area (Å²) in [6.07, 6.45) is 8.17. The molecule has 1 aliphatic heterocycles. The van der Waals surface area contributed by atoms with Gasteiger partial charge in [0.05, 0.1) is 5.69 Å². The van der Waals surface area contributed by atoms with E-state index >= 15 is 0 Å². The van der Waals surface area contributed by atoms with Gasteiger partial charge in [0.1, 0.15) is 24.1 Å². The van der Waals surface area contributed by atoms with Crippen LogP contribution in [0.25, 0.3) is 0 Å². The van der Waals surface area contributed by atoms with Crippen molar-refractivity contribution in [2.45, 2.75) is 50.7 Å². The van der Waals surface area contributed by atoms with Gasteiger partial charge in [-0.3, -0.25) is 24.3 Å². The van der Waals surface area contributed by atoms with Crippen molar-refractivity contribution in [3.63, 3.8) is 0 Å². The molecule has 1 fully saturated rings. The molecular formula is C33H34N6O5S. The fourth-order valence-electron chi connectivity index (χ4n) is 5.64. The molecule has 4 aromatic rings. The normalized spacial score (nSPS) is 15.1. The first-order valence-electron chi connectivity index (χ1n) is 15.0. The summed E-state index contributed by atoms with van der Waals surface area (Å²) in [5, 5.41) is 6.00. The van der Waals surface area contributed by atoms with Crippen LogP contribution in [0.2, 0.25) is 0 Å². The van der Waals surface area contributed by atoms with E-state index in [1.165, 1.54) is 4.90 Å². The fourth-order valence-corrected chi connectivity index (χ4v) is 6.37. The summed E-state index contributed by atoms with van der Waals surface area (Å²) < 4.78 is 15.8. The third kappa shape index (κ3) is 6.75. The highest BCUT2D eigenvalue weighted by molar-refractivity contribution is 7.09. The number of aromatic nitrogens is 2. The van der Waals surface area contributed by atoms with Crippen molar-refractivity contribution in [3.8, 4) is 11.5 Å². The van der Waals surface area contributed by atoms with Crippen LogP contribution in [0.4, 0.5) is 11.4 Å². The zero-order chi connectivity index (χ0) is 31.2. The van der Waals surface area contributed by atoms with Crippen LogP contribution in [0.5, 0.6) is 11.5 Å². The van der Waals surface area contributed by atoms with Gasteiger partial charge < -0.3 is 25.8 Å². The number of nitrogens with zero attached hydrogens (tertiary/aromatic N) is 3. The van der Waals surface area contributed by atoms with Gasteiger partial charge in [0.2, 0.25) is 5.91 Å². The van der Waals surface area contributed by atoms with Gasteiger partial charge in [-0.05, 0) is 59.8 Å². The maximum absolute atomic E-state index is 14.6. The van der Waals surface area contributed by atoms with Gasteiger partial charge in [0, 0.05) is 36.7 Å². The second-order valence-corrected chi connectivity index (χ2v) is 11.7. The van der Waals surface area contributed by atoms with Gasteiger partial charge in [0.25, 0.3) is 11.8 Å². The van der Waals surface area contributed by atoms with Crippen LogP contribution < -0.4 is 30.7 Å². The molecule has 1 unspecified atom stereocenters. The molecule has 0 radical (unpaired) electrons. The molecule has 45 heavy (non-hydrogen) atoms. The number of fused-ring (bicyclic) bond motifs is 1. The van der Waals surface area contributed by atoms with Gasteiger partial charge in [-0.15, -0.1) is 0 Å². The summed E-state index contributed by atoms with van der Waals surface area (Å²) in [5.41, 5.74) is 8.25. The van der Waals surface area contributed by atoms with Crippen molar-refractivity contribution in [1.82, 2.24) is 20.0 Å². The van der Waals surface area contributed by atoms with E-state index < -0.39 is 23.8 Å². The zero-order valence-electron chi connectivity index (χ0n) is 24.6. The summed E-state index contributed by atoms with van der Waals surface area (Å²) >= 11 is 0.834. The Morgan fingerprint density at radius 1 is 0.956 bits per heavy atom. The summed E-state index contributed by atoms with van der Waals surface area (Å²) in [4.78, 5) is 47.4. The Morgan fingerprint density at radius 3 is 2.44 bits per heavy atom. The average Bonchev–Trinajstić information content (AvgIpc) is 3.48. The minimum Gasteiger partial charge on any atom is -0.486 e. The predicted molar refractivity (Wildman–Crippen MR) is 170 cm³/mol. The van der Waals surface area contributed by atoms with Crippen LogP contribution >= 0.6 is 11.5 Å². The number of anilines is 2. The molecule has 1 aliphatic carbocycles. The SMILES string of the molecule is Nc1c(C(=O)NC2CCCCC2)nsc1C(=O)N(c1ccc2c(c1)OCCO2)C(C(=O)NCc1ccccc1)c1ccncc1. The van der Waals surface area contributed by atoms with E-state index in [0.717, 1.165) is 49.2 Å². The molecule has 2 aliphatic rings. The third-order valence-electron chi connectivity index (χ3n) is 7.94. The van der Waals surface area contributed by atoms with Crippen molar-refractivity contribution in [2.24, 2.45) is 0 Å². The van der Waals surface area contributed by atoms with E-state index in [2.05, 4.69) is 20.0 Å². The number of benzene rings is 2. The van der Waals surface area contributed by atoms with Crippen LogP contribution in [0.15, 0.2) is 73.1 Å². The monoisotopic (exact) mass is 626 g/mol. The second-order valence-electron chi connectivity index (χ2n) is 11.0. The zero-order valence-corrected chi connectivity index (χ0v) is 25.4. The molecule has 3 amide bonds. The third-order valence-corrected chi connectivity index (χ3v) is 8.79. The Bertz CT molecular complexity index is 1660. The second kappa shape index (κ2) is 13.8. The van der Waals surface area contributed by atoms with E-state index in [1.807, 2.05) is 30.3 Å². The van der Waals surface area contributed by atoms with Crippen molar-refractivity contribution in [2.75, 3.05) is 23.8 Å². The highest BCUT2D eigenvalue weighted by Gasteiger charge is 2.37. The molecule has 0 bridgehead atoms. The molecule has 0 saturated heterocycles. The van der Waals surface area contributed by atoms with E-state index in [9.17, 15) is 14.4 Å². The quantitative estimate of drug-likeness (QED) is 0.243. The Morgan fingerprint density at radius 2 is 1.69 bits per heavy atom. The van der Waals surface area contributed by atoms with Gasteiger partial charge in [0.15, 0.2) is 17.2 Å². The first-order chi connectivity index (χ1) is 22.0. The number of ether oxygens (including phenoxy) is 2. The van der Waals surface area contributed by atoms with Gasteiger partial charge in [-0.1, -0.05) is 49.6 Å². The number of carbonyl (C=O) groups is 3. The fraction of sp³-hybridized carbons (Fsp3) is 0.303. The topological polar surface area (TPSA) is 149 Å². The molecule has 6 rings (SSSR count). The lowest BCUT2D eigenvalue weighted by Crippen LogP contribution is -2.44. The Labute approximate surface area is 264 Å². The Kier molecular flexibility index (Phi) is 9.20. The van der Waals surface area contributed by atoms with E-state index in [0.29, 0.717) is 36.0 Å². The molecule has 1 atom stereocenters. The van der Waals surface area contributed by atoms with Crippen LogP contribution in [-0.2, 0) is 11.3 Å². The molecule has 2 aromatic carbocycles. The maximum atomic E-state index is 14.6. The van der Waals surface area contributed by atoms with E-state index in [1.54, 1.807) is 42.7 Å².